The second-order valence-corrected chi connectivity index (χ2v) is 6.52. The molecule has 0 saturated heterocycles. The van der Waals surface area contributed by atoms with E-state index in [2.05, 4.69) is 33.9 Å². The van der Waals surface area contributed by atoms with Gasteiger partial charge in [0.15, 0.2) is 0 Å². The van der Waals surface area contributed by atoms with E-state index in [9.17, 15) is 0 Å². The number of anilines is 1. The highest BCUT2D eigenvalue weighted by molar-refractivity contribution is 7.07. The summed E-state index contributed by atoms with van der Waals surface area (Å²) < 4.78 is 0. The van der Waals surface area contributed by atoms with E-state index in [1.807, 2.05) is 6.07 Å². The first kappa shape index (κ1) is 13.9. The molecular weight excluding hydrogens is 288 g/mol. The van der Waals surface area contributed by atoms with Crippen molar-refractivity contribution in [2.45, 2.75) is 31.8 Å². The van der Waals surface area contributed by atoms with Gasteiger partial charge in [0.25, 0.3) is 0 Å². The molecule has 106 valence electrons. The monoisotopic (exact) mass is 306 g/mol. The topological polar surface area (TPSA) is 29.3 Å². The highest BCUT2D eigenvalue weighted by Gasteiger charge is 2.30. The Bertz CT molecular complexity index is 564. The second-order valence-electron chi connectivity index (χ2n) is 5.30. The average molecular weight is 307 g/mol. The van der Waals surface area contributed by atoms with Crippen LogP contribution in [-0.2, 0) is 13.0 Å². The van der Waals surface area contributed by atoms with Crippen LogP contribution in [-0.4, -0.2) is 12.6 Å². The van der Waals surface area contributed by atoms with Crippen molar-refractivity contribution < 1.29 is 0 Å². The molecule has 0 spiro atoms. The van der Waals surface area contributed by atoms with Crippen LogP contribution < -0.4 is 10.6 Å². The van der Waals surface area contributed by atoms with Gasteiger partial charge in [-0.25, -0.2) is 0 Å². The molecule has 0 amide bonds. The zero-order chi connectivity index (χ0) is 13.9. The first-order valence-electron chi connectivity index (χ1n) is 7.04. The van der Waals surface area contributed by atoms with E-state index in [1.54, 1.807) is 11.3 Å². The van der Waals surface area contributed by atoms with E-state index in [0.29, 0.717) is 12.6 Å². The molecule has 2 N–H and O–H groups in total. The van der Waals surface area contributed by atoms with Crippen LogP contribution >= 0.6 is 22.9 Å². The molecule has 20 heavy (non-hydrogen) atoms. The molecule has 1 aliphatic rings. The van der Waals surface area contributed by atoms with Gasteiger partial charge in [-0.3, -0.25) is 0 Å². The smallest absolute Gasteiger partial charge is 0.0440 e. The summed E-state index contributed by atoms with van der Waals surface area (Å²) in [6, 6.07) is 9.08. The molecule has 1 fully saturated rings. The van der Waals surface area contributed by atoms with Crippen molar-refractivity contribution in [2.75, 3.05) is 11.4 Å². The van der Waals surface area contributed by atoms with E-state index in [1.165, 1.54) is 29.7 Å². The fourth-order valence-electron chi connectivity index (χ4n) is 2.57. The molecule has 1 saturated carbocycles. The lowest BCUT2D eigenvalue weighted by molar-refractivity contribution is 0.786. The van der Waals surface area contributed by atoms with Crippen LogP contribution in [0.15, 0.2) is 35.0 Å². The summed E-state index contributed by atoms with van der Waals surface area (Å²) in [6.45, 7) is 1.64. The second kappa shape index (κ2) is 6.17. The standard InChI is InChI=1S/C16H19ClN2S/c17-14-1-4-16(13(9-14)5-7-18)19(15-2-3-15)10-12-6-8-20-11-12/h1,4,6,8-9,11,15H,2-3,5,7,10,18H2. The Balaban J connectivity index is 1.90. The first-order valence-corrected chi connectivity index (χ1v) is 8.36. The number of benzene rings is 1. The molecule has 0 unspecified atom stereocenters. The molecule has 1 heterocycles. The predicted octanol–water partition coefficient (Wildman–Crippen LogP) is 4.07. The minimum absolute atomic E-state index is 0.657. The summed E-state index contributed by atoms with van der Waals surface area (Å²) in [6.07, 6.45) is 3.45. The fraction of sp³-hybridized carbons (Fsp3) is 0.375. The quantitative estimate of drug-likeness (QED) is 0.871. The number of rotatable bonds is 6. The Morgan fingerprint density at radius 2 is 2.15 bits per heavy atom. The van der Waals surface area contributed by atoms with Crippen LogP contribution in [0.2, 0.25) is 5.02 Å². The highest BCUT2D eigenvalue weighted by Crippen LogP contribution is 2.36. The molecule has 2 nitrogen and oxygen atoms in total. The molecule has 0 bridgehead atoms. The van der Waals surface area contributed by atoms with Crippen molar-refractivity contribution in [1.29, 1.82) is 0 Å². The van der Waals surface area contributed by atoms with Crippen molar-refractivity contribution >= 4 is 28.6 Å². The van der Waals surface area contributed by atoms with Gasteiger partial charge in [0.2, 0.25) is 0 Å². The van der Waals surface area contributed by atoms with Crippen LogP contribution in [0.5, 0.6) is 0 Å². The van der Waals surface area contributed by atoms with Gasteiger partial charge < -0.3 is 10.6 Å². The zero-order valence-electron chi connectivity index (χ0n) is 11.4. The fourth-order valence-corrected chi connectivity index (χ4v) is 3.42. The summed E-state index contributed by atoms with van der Waals surface area (Å²) in [5.74, 6) is 0. The third-order valence-corrected chi connectivity index (χ3v) is 4.65. The lowest BCUT2D eigenvalue weighted by atomic mass is 10.1. The molecule has 1 aliphatic carbocycles. The number of nitrogens with two attached hydrogens (primary N) is 1. The molecule has 2 aromatic rings. The Kier molecular flexibility index (Phi) is 4.29. The number of hydrogen-bond donors (Lipinski definition) is 1. The van der Waals surface area contributed by atoms with Crippen LogP contribution in [0.1, 0.15) is 24.0 Å². The number of halogens is 1. The average Bonchev–Trinajstić information content (AvgIpc) is 3.15. The van der Waals surface area contributed by atoms with Crippen LogP contribution in [0, 0.1) is 0 Å². The molecule has 0 radical (unpaired) electrons. The minimum atomic E-state index is 0.657. The Morgan fingerprint density at radius 1 is 1.30 bits per heavy atom. The summed E-state index contributed by atoms with van der Waals surface area (Å²) in [5, 5.41) is 5.17. The number of thiophene rings is 1. The van der Waals surface area contributed by atoms with Crippen molar-refractivity contribution in [1.82, 2.24) is 0 Å². The van der Waals surface area contributed by atoms with Gasteiger partial charge in [0.1, 0.15) is 0 Å². The third-order valence-electron chi connectivity index (χ3n) is 3.69. The maximum absolute atomic E-state index is 6.14. The highest BCUT2D eigenvalue weighted by atomic mass is 35.5. The van der Waals surface area contributed by atoms with Gasteiger partial charge in [-0.1, -0.05) is 11.6 Å². The summed E-state index contributed by atoms with van der Waals surface area (Å²) in [7, 11) is 0. The van der Waals surface area contributed by atoms with Crippen molar-refractivity contribution in [3.63, 3.8) is 0 Å². The molecule has 0 aliphatic heterocycles. The van der Waals surface area contributed by atoms with Crippen molar-refractivity contribution in [2.24, 2.45) is 5.73 Å². The van der Waals surface area contributed by atoms with E-state index in [-0.39, 0.29) is 0 Å². The summed E-state index contributed by atoms with van der Waals surface area (Å²) in [4.78, 5) is 2.52. The van der Waals surface area contributed by atoms with Gasteiger partial charge in [-0.05, 0) is 72.0 Å². The van der Waals surface area contributed by atoms with Crippen molar-refractivity contribution in [3.8, 4) is 0 Å². The van der Waals surface area contributed by atoms with Crippen molar-refractivity contribution in [3.05, 3.63) is 51.2 Å². The van der Waals surface area contributed by atoms with Gasteiger partial charge in [0.05, 0.1) is 0 Å². The SMILES string of the molecule is NCCc1cc(Cl)ccc1N(Cc1ccsc1)C1CC1. The van der Waals surface area contributed by atoms with E-state index < -0.39 is 0 Å². The lowest BCUT2D eigenvalue weighted by Crippen LogP contribution is -2.26. The molecule has 0 atom stereocenters. The first-order chi connectivity index (χ1) is 9.78. The molecule has 1 aromatic heterocycles. The number of nitrogens with zero attached hydrogens (tertiary/aromatic N) is 1. The molecule has 4 heteroatoms. The normalized spacial score (nSPS) is 14.5. The van der Waals surface area contributed by atoms with E-state index >= 15 is 0 Å². The predicted molar refractivity (Wildman–Crippen MR) is 87.7 cm³/mol. The van der Waals surface area contributed by atoms with E-state index in [0.717, 1.165) is 18.0 Å². The van der Waals surface area contributed by atoms with Crippen LogP contribution in [0.4, 0.5) is 5.69 Å². The maximum Gasteiger partial charge on any atom is 0.0440 e. The van der Waals surface area contributed by atoms with E-state index in [4.69, 9.17) is 17.3 Å². The Morgan fingerprint density at radius 3 is 2.80 bits per heavy atom. The molecular formula is C16H19ClN2S. The Hall–Kier alpha value is -1.03. The number of hydrogen-bond acceptors (Lipinski definition) is 3. The Labute approximate surface area is 129 Å². The summed E-state index contributed by atoms with van der Waals surface area (Å²) >= 11 is 7.90. The molecule has 3 rings (SSSR count). The van der Waals surface area contributed by atoms with Gasteiger partial charge in [-0.2, -0.15) is 11.3 Å². The third kappa shape index (κ3) is 3.17. The van der Waals surface area contributed by atoms with Gasteiger partial charge in [0, 0.05) is 23.3 Å². The zero-order valence-corrected chi connectivity index (χ0v) is 13.0. The largest absolute Gasteiger partial charge is 0.364 e. The minimum Gasteiger partial charge on any atom is -0.364 e. The van der Waals surface area contributed by atoms with Crippen LogP contribution in [0.3, 0.4) is 0 Å². The lowest BCUT2D eigenvalue weighted by Gasteiger charge is -2.27. The summed E-state index contributed by atoms with van der Waals surface area (Å²) in [5.41, 5.74) is 9.70. The molecule has 1 aromatic carbocycles. The maximum atomic E-state index is 6.14. The van der Waals surface area contributed by atoms with Gasteiger partial charge in [-0.15, -0.1) is 0 Å². The van der Waals surface area contributed by atoms with Crippen LogP contribution in [0.25, 0.3) is 0 Å². The van der Waals surface area contributed by atoms with Gasteiger partial charge >= 0.3 is 0 Å².